The number of benzene rings is 1. The summed E-state index contributed by atoms with van der Waals surface area (Å²) in [5, 5.41) is 5.90. The topological polar surface area (TPSA) is 58.2 Å². The van der Waals surface area contributed by atoms with Crippen LogP contribution in [0, 0.1) is 0 Å². The molecule has 0 spiro atoms. The minimum Gasteiger partial charge on any atom is -0.324 e. The predicted octanol–water partition coefficient (Wildman–Crippen LogP) is 1.41. The van der Waals surface area contributed by atoms with E-state index < -0.39 is 0 Å². The van der Waals surface area contributed by atoms with Crippen molar-refractivity contribution in [1.82, 2.24) is 5.32 Å². The Hall–Kier alpha value is -1.33. The molecule has 0 aromatic heterocycles. The molecule has 1 aromatic rings. The molecule has 1 aliphatic heterocycles. The molecule has 2 N–H and O–H groups in total. The van der Waals surface area contributed by atoms with Gasteiger partial charge in [0.05, 0.1) is 18.0 Å². The fourth-order valence-electron chi connectivity index (χ4n) is 1.62. The van der Waals surface area contributed by atoms with Gasteiger partial charge in [-0.25, -0.2) is 0 Å². The van der Waals surface area contributed by atoms with Crippen LogP contribution in [0.25, 0.3) is 0 Å². The summed E-state index contributed by atoms with van der Waals surface area (Å²) >= 11 is 1.55. The summed E-state index contributed by atoms with van der Waals surface area (Å²) in [7, 11) is 0. The Morgan fingerprint density at radius 2 is 2.35 bits per heavy atom. The van der Waals surface area contributed by atoms with E-state index in [4.69, 9.17) is 0 Å². The smallest absolute Gasteiger partial charge is 0.234 e. The van der Waals surface area contributed by atoms with E-state index in [0.29, 0.717) is 18.8 Å². The Morgan fingerprint density at radius 1 is 1.53 bits per heavy atom. The third kappa shape index (κ3) is 3.31. The van der Waals surface area contributed by atoms with Gasteiger partial charge in [0.25, 0.3) is 0 Å². The Bertz CT molecular complexity index is 460. The molecular weight excluding hydrogens is 236 g/mol. The van der Waals surface area contributed by atoms with Crippen molar-refractivity contribution in [3.8, 4) is 0 Å². The Kier molecular flexibility index (Phi) is 3.81. The van der Waals surface area contributed by atoms with Gasteiger partial charge >= 0.3 is 0 Å². The van der Waals surface area contributed by atoms with Gasteiger partial charge in [-0.1, -0.05) is 6.07 Å². The molecule has 0 saturated carbocycles. The van der Waals surface area contributed by atoms with Gasteiger partial charge in [-0.05, 0) is 24.6 Å². The number of ketones is 1. The van der Waals surface area contributed by atoms with E-state index in [1.54, 1.807) is 18.7 Å². The van der Waals surface area contributed by atoms with Crippen LogP contribution in [-0.2, 0) is 16.1 Å². The second-order valence-electron chi connectivity index (χ2n) is 3.97. The summed E-state index contributed by atoms with van der Waals surface area (Å²) < 4.78 is 0. The highest BCUT2D eigenvalue weighted by atomic mass is 32.2. The maximum absolute atomic E-state index is 11.2. The highest BCUT2D eigenvalue weighted by Crippen LogP contribution is 2.31. The molecule has 1 heterocycles. The third-order valence-corrected chi connectivity index (χ3v) is 3.45. The molecule has 17 heavy (non-hydrogen) atoms. The molecule has 1 aliphatic rings. The molecular formula is C12H14N2O2S. The van der Waals surface area contributed by atoms with Gasteiger partial charge in [0, 0.05) is 11.4 Å². The summed E-state index contributed by atoms with van der Waals surface area (Å²) in [5.41, 5.74) is 1.93. The lowest BCUT2D eigenvalue weighted by Gasteiger charge is -2.17. The van der Waals surface area contributed by atoms with Crippen LogP contribution in [0.15, 0.2) is 23.1 Å². The first-order valence-corrected chi connectivity index (χ1v) is 6.39. The third-order valence-electron chi connectivity index (χ3n) is 2.38. The lowest BCUT2D eigenvalue weighted by molar-refractivity contribution is -0.116. The number of thioether (sulfide) groups is 1. The molecule has 0 atom stereocenters. The number of rotatable bonds is 4. The van der Waals surface area contributed by atoms with Gasteiger partial charge in [-0.3, -0.25) is 9.59 Å². The quantitative estimate of drug-likeness (QED) is 0.848. The van der Waals surface area contributed by atoms with E-state index >= 15 is 0 Å². The average Bonchev–Trinajstić information content (AvgIpc) is 2.28. The van der Waals surface area contributed by atoms with Crippen molar-refractivity contribution in [2.24, 2.45) is 0 Å². The molecule has 1 amide bonds. The summed E-state index contributed by atoms with van der Waals surface area (Å²) in [6, 6.07) is 5.97. The number of Topliss-reactive ketones (excluding diaryl/α,β-unsaturated/α-hetero) is 1. The molecule has 90 valence electrons. The zero-order valence-electron chi connectivity index (χ0n) is 9.58. The molecule has 0 aliphatic carbocycles. The van der Waals surface area contributed by atoms with E-state index in [1.165, 1.54) is 0 Å². The van der Waals surface area contributed by atoms with Crippen LogP contribution < -0.4 is 10.6 Å². The number of carbonyl (C=O) groups excluding carboxylic acids is 2. The lowest BCUT2D eigenvalue weighted by Crippen LogP contribution is -2.21. The fraction of sp³-hybridized carbons (Fsp3) is 0.333. The summed E-state index contributed by atoms with van der Waals surface area (Å²) in [6.45, 7) is 2.56. The SMILES string of the molecule is CC(=O)CNCc1ccc2c(c1)NC(=O)CS2. The number of nitrogens with one attached hydrogen (secondary N) is 2. The molecule has 4 nitrogen and oxygen atoms in total. The van der Waals surface area contributed by atoms with Gasteiger partial charge < -0.3 is 10.6 Å². The van der Waals surface area contributed by atoms with Crippen molar-refractivity contribution in [2.45, 2.75) is 18.4 Å². The monoisotopic (exact) mass is 250 g/mol. The standard InChI is InChI=1S/C12H14N2O2S/c1-8(15)5-13-6-9-2-3-11-10(4-9)14-12(16)7-17-11/h2-4,13H,5-7H2,1H3,(H,14,16). The van der Waals surface area contributed by atoms with Crippen molar-refractivity contribution < 1.29 is 9.59 Å². The van der Waals surface area contributed by atoms with Gasteiger partial charge in [-0.15, -0.1) is 11.8 Å². The van der Waals surface area contributed by atoms with Gasteiger partial charge in [0.2, 0.25) is 5.91 Å². The zero-order chi connectivity index (χ0) is 12.3. The highest BCUT2D eigenvalue weighted by Gasteiger charge is 2.15. The zero-order valence-corrected chi connectivity index (χ0v) is 10.4. The lowest BCUT2D eigenvalue weighted by atomic mass is 10.2. The summed E-state index contributed by atoms with van der Waals surface area (Å²) in [5.74, 6) is 0.637. The maximum atomic E-state index is 11.2. The molecule has 0 saturated heterocycles. The normalized spacial score (nSPS) is 14.1. The van der Waals surface area contributed by atoms with E-state index in [1.807, 2.05) is 18.2 Å². The largest absolute Gasteiger partial charge is 0.324 e. The molecule has 0 unspecified atom stereocenters. The Morgan fingerprint density at radius 3 is 3.12 bits per heavy atom. The van der Waals surface area contributed by atoms with Crippen molar-refractivity contribution in [2.75, 3.05) is 17.6 Å². The fourth-order valence-corrected chi connectivity index (χ4v) is 2.41. The highest BCUT2D eigenvalue weighted by molar-refractivity contribution is 8.00. The van der Waals surface area contributed by atoms with Crippen LogP contribution in [-0.4, -0.2) is 24.0 Å². The van der Waals surface area contributed by atoms with E-state index in [0.717, 1.165) is 16.1 Å². The maximum Gasteiger partial charge on any atom is 0.234 e. The first-order valence-electron chi connectivity index (χ1n) is 5.41. The van der Waals surface area contributed by atoms with Crippen molar-refractivity contribution in [3.05, 3.63) is 23.8 Å². The van der Waals surface area contributed by atoms with Crippen LogP contribution in [0.1, 0.15) is 12.5 Å². The van der Waals surface area contributed by atoms with Crippen molar-refractivity contribution >= 4 is 29.1 Å². The number of fused-ring (bicyclic) bond motifs is 1. The number of hydrogen-bond acceptors (Lipinski definition) is 4. The number of carbonyl (C=O) groups is 2. The first-order chi connectivity index (χ1) is 8.15. The van der Waals surface area contributed by atoms with E-state index in [2.05, 4.69) is 10.6 Å². The summed E-state index contributed by atoms with van der Waals surface area (Å²) in [6.07, 6.45) is 0. The molecule has 0 radical (unpaired) electrons. The Balaban J connectivity index is 2.02. The number of amides is 1. The minimum atomic E-state index is 0.0383. The minimum absolute atomic E-state index is 0.0383. The molecule has 1 aromatic carbocycles. The van der Waals surface area contributed by atoms with Crippen LogP contribution in [0.5, 0.6) is 0 Å². The van der Waals surface area contributed by atoms with Crippen molar-refractivity contribution in [3.63, 3.8) is 0 Å². The van der Waals surface area contributed by atoms with E-state index in [9.17, 15) is 9.59 Å². The molecule has 2 rings (SSSR count). The van der Waals surface area contributed by atoms with Crippen molar-refractivity contribution in [1.29, 1.82) is 0 Å². The second kappa shape index (κ2) is 5.33. The van der Waals surface area contributed by atoms with E-state index in [-0.39, 0.29) is 11.7 Å². The van der Waals surface area contributed by atoms with Gasteiger partial charge in [0.1, 0.15) is 5.78 Å². The van der Waals surface area contributed by atoms with Crippen LogP contribution >= 0.6 is 11.8 Å². The van der Waals surface area contributed by atoms with Gasteiger partial charge in [-0.2, -0.15) is 0 Å². The summed E-state index contributed by atoms with van der Waals surface area (Å²) in [4.78, 5) is 23.1. The number of anilines is 1. The van der Waals surface area contributed by atoms with Crippen LogP contribution in [0.4, 0.5) is 5.69 Å². The van der Waals surface area contributed by atoms with Crippen LogP contribution in [0.2, 0.25) is 0 Å². The van der Waals surface area contributed by atoms with Gasteiger partial charge in [0.15, 0.2) is 0 Å². The predicted molar refractivity (Wildman–Crippen MR) is 68.2 cm³/mol. The molecule has 0 bridgehead atoms. The first kappa shape index (κ1) is 12.1. The molecule has 0 fully saturated rings. The van der Waals surface area contributed by atoms with Crippen LogP contribution in [0.3, 0.4) is 0 Å². The second-order valence-corrected chi connectivity index (χ2v) is 4.99. The number of hydrogen-bond donors (Lipinski definition) is 2. The molecule has 5 heteroatoms. The average molecular weight is 250 g/mol. The Labute approximate surface area is 104 Å².